The third-order valence-electron chi connectivity index (χ3n) is 4.82. The van der Waals surface area contributed by atoms with E-state index in [2.05, 4.69) is 30.2 Å². The van der Waals surface area contributed by atoms with E-state index < -0.39 is 44.5 Å². The Bertz CT molecular complexity index is 1440. The second kappa shape index (κ2) is 7.84. The fourth-order valence-corrected chi connectivity index (χ4v) is 3.99. The number of nitrogens with two attached hydrogens (primary N) is 1. The van der Waals surface area contributed by atoms with E-state index in [0.29, 0.717) is 10.4 Å². The molecule has 5 N–H and O–H groups in total. The van der Waals surface area contributed by atoms with Crippen molar-refractivity contribution in [3.8, 4) is 0 Å². The van der Waals surface area contributed by atoms with Gasteiger partial charge in [0.25, 0.3) is 5.56 Å². The maximum atomic E-state index is 12.2. The first kappa shape index (κ1) is 21.4. The number of aliphatic hydroxyl groups excluding tert-OH is 2. The molecule has 174 valence electrons. The molecule has 0 aliphatic carbocycles. The molecule has 0 radical (unpaired) electrons. The molecule has 0 amide bonds. The number of phosphoric acid groups is 1. The molecule has 2 unspecified atom stereocenters. The van der Waals surface area contributed by atoms with Gasteiger partial charge in [0.1, 0.15) is 23.8 Å². The lowest BCUT2D eigenvalue weighted by Gasteiger charge is -2.24. The Morgan fingerprint density at radius 3 is 2.94 bits per heavy atom. The van der Waals surface area contributed by atoms with Gasteiger partial charge in [-0.15, -0.1) is 5.10 Å². The second-order valence-electron chi connectivity index (χ2n) is 6.95. The highest BCUT2D eigenvalue weighted by molar-refractivity contribution is 7.46. The molecule has 0 bridgehead atoms. The van der Waals surface area contributed by atoms with Gasteiger partial charge in [-0.2, -0.15) is 4.98 Å². The molecule has 4 aromatic rings. The van der Waals surface area contributed by atoms with Crippen LogP contribution in [-0.2, 0) is 13.8 Å². The minimum Gasteiger partial charge on any atom is -0.745 e. The van der Waals surface area contributed by atoms with Crippen molar-refractivity contribution >= 4 is 36.1 Å². The molecular formula is C15H15N9O8P-. The number of imidazole rings is 1. The zero-order valence-corrected chi connectivity index (χ0v) is 17.2. The number of anilines is 1. The number of nitrogens with one attached hydrogen (secondary N) is 1. The number of phosphoric ester groups is 1. The van der Waals surface area contributed by atoms with Gasteiger partial charge in [-0.1, -0.05) is 4.85 Å². The number of aliphatic hydroxyl groups is 2. The molecular weight excluding hydrogens is 465 g/mol. The molecule has 0 spiro atoms. The Hall–Kier alpha value is -3.47. The summed E-state index contributed by atoms with van der Waals surface area (Å²) < 4.78 is 28.5. The lowest BCUT2D eigenvalue weighted by Crippen LogP contribution is -2.34. The topological polar surface area (TPSA) is 241 Å². The Balaban J connectivity index is 1.31. The maximum Gasteiger partial charge on any atom is 0.343 e. The molecule has 5 heterocycles. The van der Waals surface area contributed by atoms with Gasteiger partial charge in [-0.3, -0.25) is 18.9 Å². The van der Waals surface area contributed by atoms with Gasteiger partial charge in [-0.25, -0.2) is 9.97 Å². The molecule has 4 aromatic heterocycles. The minimum atomic E-state index is -5.01. The Labute approximate surface area is 181 Å². The molecule has 1 aliphatic rings. The van der Waals surface area contributed by atoms with Crippen molar-refractivity contribution in [2.75, 3.05) is 12.3 Å². The van der Waals surface area contributed by atoms with Crippen molar-refractivity contribution in [1.29, 1.82) is 0 Å². The third-order valence-corrected chi connectivity index (χ3v) is 5.64. The van der Waals surface area contributed by atoms with Crippen molar-refractivity contribution in [3.05, 3.63) is 35.0 Å². The Morgan fingerprint density at radius 1 is 1.30 bits per heavy atom. The summed E-state index contributed by atoms with van der Waals surface area (Å²) in [5.74, 6) is -0.193. The van der Waals surface area contributed by atoms with Gasteiger partial charge in [0, 0.05) is 6.20 Å². The Morgan fingerprint density at radius 2 is 2.12 bits per heavy atom. The van der Waals surface area contributed by atoms with Crippen LogP contribution in [-0.4, -0.2) is 74.8 Å². The van der Waals surface area contributed by atoms with Crippen molar-refractivity contribution in [3.63, 3.8) is 0 Å². The zero-order chi connectivity index (χ0) is 23.3. The predicted molar refractivity (Wildman–Crippen MR) is 104 cm³/mol. The summed E-state index contributed by atoms with van der Waals surface area (Å²) in [6.45, 7) is -0.710. The molecule has 18 heteroatoms. The van der Waals surface area contributed by atoms with E-state index >= 15 is 0 Å². The van der Waals surface area contributed by atoms with E-state index in [0.717, 1.165) is 0 Å². The van der Waals surface area contributed by atoms with E-state index in [4.69, 9.17) is 19.6 Å². The summed E-state index contributed by atoms with van der Waals surface area (Å²) in [6, 6.07) is 3.13. The highest BCUT2D eigenvalue weighted by Gasteiger charge is 2.45. The fourth-order valence-electron chi connectivity index (χ4n) is 3.31. The minimum absolute atomic E-state index is 0.00235. The Kier molecular flexibility index (Phi) is 5.08. The summed E-state index contributed by atoms with van der Waals surface area (Å²) in [7, 11) is -5.01. The molecule has 0 aromatic carbocycles. The smallest absolute Gasteiger partial charge is 0.343 e. The zero-order valence-electron chi connectivity index (χ0n) is 16.3. The molecule has 5 atom stereocenters. The molecule has 1 aliphatic heterocycles. The standard InChI is InChI=1S/C15H16N9O8P/c16-15-19-12-8(13(27)20-15)18-5-23(12)14-10(26)9(25)7(31-14)4-30-33(28,29)32-24-11-6(21-22-24)2-1-3-17-11/h1-3,5,7,9-10,14,25-26H,4H2,(H,28,29)(H3,16,19,20,27)/p-1/t7-,9+,10?,14-/m1/s1. The molecule has 0 saturated carbocycles. The van der Waals surface area contributed by atoms with Crippen LogP contribution in [0.1, 0.15) is 6.23 Å². The largest absolute Gasteiger partial charge is 0.745 e. The van der Waals surface area contributed by atoms with Crippen molar-refractivity contribution in [2.45, 2.75) is 24.5 Å². The van der Waals surface area contributed by atoms with Gasteiger partial charge < -0.3 is 34.7 Å². The number of nitrogen functional groups attached to an aromatic ring is 1. The lowest BCUT2D eigenvalue weighted by atomic mass is 10.1. The monoisotopic (exact) mass is 480 g/mol. The highest BCUT2D eigenvalue weighted by atomic mass is 31.2. The predicted octanol–water partition coefficient (Wildman–Crippen LogP) is -2.93. The van der Waals surface area contributed by atoms with Crippen LogP contribution in [0.2, 0.25) is 0 Å². The van der Waals surface area contributed by atoms with Crippen LogP contribution in [0, 0.1) is 0 Å². The number of hydrogen-bond acceptors (Lipinski definition) is 14. The maximum absolute atomic E-state index is 12.2. The summed E-state index contributed by atoms with van der Waals surface area (Å²) in [5.41, 5.74) is 5.20. The van der Waals surface area contributed by atoms with Crippen molar-refractivity contribution in [1.82, 2.24) is 39.7 Å². The second-order valence-corrected chi connectivity index (χ2v) is 8.27. The molecule has 1 saturated heterocycles. The normalized spacial score (nSPS) is 24.9. The van der Waals surface area contributed by atoms with Gasteiger partial charge >= 0.3 is 7.82 Å². The number of aromatic amines is 1. The quantitative estimate of drug-likeness (QED) is 0.202. The number of nitrogens with zero attached hydrogens (tertiary/aromatic N) is 7. The van der Waals surface area contributed by atoms with Crippen LogP contribution < -0.4 is 20.8 Å². The number of rotatable bonds is 6. The first-order valence-electron chi connectivity index (χ1n) is 9.29. The van der Waals surface area contributed by atoms with E-state index in [1.54, 1.807) is 12.1 Å². The van der Waals surface area contributed by atoms with Gasteiger partial charge in [0.05, 0.1) is 12.9 Å². The highest BCUT2D eigenvalue weighted by Crippen LogP contribution is 2.38. The van der Waals surface area contributed by atoms with E-state index in [1.807, 2.05) is 0 Å². The fraction of sp³-hybridized carbons (Fsp3) is 0.333. The van der Waals surface area contributed by atoms with Crippen LogP contribution in [0.25, 0.3) is 22.3 Å². The van der Waals surface area contributed by atoms with Crippen molar-refractivity contribution in [2.24, 2.45) is 0 Å². The average molecular weight is 480 g/mol. The number of aromatic nitrogens is 8. The summed E-state index contributed by atoms with van der Waals surface area (Å²) in [5, 5.41) is 28.0. The lowest BCUT2D eigenvalue weighted by molar-refractivity contribution is -0.229. The van der Waals surface area contributed by atoms with Crippen LogP contribution in [0.4, 0.5) is 5.95 Å². The van der Waals surface area contributed by atoms with E-state index in [9.17, 15) is 24.5 Å². The van der Waals surface area contributed by atoms with Gasteiger partial charge in [-0.05, 0) is 17.3 Å². The molecule has 33 heavy (non-hydrogen) atoms. The third kappa shape index (κ3) is 3.82. The van der Waals surface area contributed by atoms with Gasteiger partial charge in [0.2, 0.25) is 11.6 Å². The molecule has 1 fully saturated rings. The summed E-state index contributed by atoms with van der Waals surface area (Å²) >= 11 is 0. The molecule has 17 nitrogen and oxygen atoms in total. The molecule has 5 rings (SSSR count). The number of ether oxygens (including phenoxy) is 1. The number of H-pyrrole nitrogens is 1. The summed E-state index contributed by atoms with van der Waals surface area (Å²) in [4.78, 5) is 38.8. The SMILES string of the molecule is Nc1nc2c(ncn2[C@@H]2O[C@H](COP(=O)([O-])On3nnc4cccnc43)[C@H](O)C2O)c(=O)[nH]1. The first-order chi connectivity index (χ1) is 15.7. The number of pyridine rings is 1. The summed E-state index contributed by atoms with van der Waals surface area (Å²) in [6.07, 6.45) is -3.08. The number of hydrogen-bond donors (Lipinski definition) is 4. The average Bonchev–Trinajstić information content (AvgIpc) is 3.44. The number of fused-ring (bicyclic) bond motifs is 2. The first-order valence-corrected chi connectivity index (χ1v) is 10.8. The van der Waals surface area contributed by atoms with Crippen LogP contribution in [0.3, 0.4) is 0 Å². The van der Waals surface area contributed by atoms with Crippen LogP contribution in [0.5, 0.6) is 0 Å². The van der Waals surface area contributed by atoms with Crippen LogP contribution >= 0.6 is 7.82 Å². The van der Waals surface area contributed by atoms with E-state index in [-0.39, 0.29) is 22.8 Å². The van der Waals surface area contributed by atoms with Crippen molar-refractivity contribution < 1.29 is 33.6 Å². The van der Waals surface area contributed by atoms with Gasteiger partial charge in [0.15, 0.2) is 17.4 Å². The van der Waals surface area contributed by atoms with E-state index in [1.165, 1.54) is 17.1 Å². The van der Waals surface area contributed by atoms with Crippen LogP contribution in [0.15, 0.2) is 29.5 Å².